The van der Waals surface area contributed by atoms with Gasteiger partial charge in [0.05, 0.1) is 5.92 Å². The lowest BCUT2D eigenvalue weighted by Crippen LogP contribution is -2.27. The summed E-state index contributed by atoms with van der Waals surface area (Å²) in [6.45, 7) is 0. The Labute approximate surface area is 172 Å². The number of hydrogen-bond donors (Lipinski definition) is 0. The molecule has 0 saturated heterocycles. The van der Waals surface area contributed by atoms with E-state index in [1.165, 1.54) is 0 Å². The second kappa shape index (κ2) is 8.96. The second-order valence-corrected chi connectivity index (χ2v) is 7.16. The van der Waals surface area contributed by atoms with Crippen molar-refractivity contribution in [2.75, 3.05) is 0 Å². The second-order valence-electron chi connectivity index (χ2n) is 6.29. The lowest BCUT2D eigenvalue weighted by Gasteiger charge is -2.15. The number of benzene rings is 3. The molecule has 3 aromatic carbocycles. The van der Waals surface area contributed by atoms with E-state index in [0.717, 1.165) is 0 Å². The van der Waals surface area contributed by atoms with Gasteiger partial charge in [0.15, 0.2) is 17.3 Å². The van der Waals surface area contributed by atoms with Crippen molar-refractivity contribution in [2.45, 2.75) is 6.42 Å². The predicted molar refractivity (Wildman–Crippen MR) is 110 cm³/mol. The minimum Gasteiger partial charge on any atom is -0.294 e. The van der Waals surface area contributed by atoms with Gasteiger partial charge in [-0.25, -0.2) is 0 Å². The maximum Gasteiger partial charge on any atom is 0.174 e. The highest BCUT2D eigenvalue weighted by Crippen LogP contribution is 2.22. The van der Waals surface area contributed by atoms with Gasteiger partial charge in [-0.15, -0.1) is 0 Å². The predicted octanol–water partition coefficient (Wildman–Crippen LogP) is 5.95. The molecule has 0 N–H and O–H groups in total. The van der Waals surface area contributed by atoms with Gasteiger partial charge in [-0.2, -0.15) is 0 Å². The molecule has 0 fully saturated rings. The van der Waals surface area contributed by atoms with Crippen molar-refractivity contribution < 1.29 is 14.4 Å². The van der Waals surface area contributed by atoms with Crippen LogP contribution in [0.25, 0.3) is 0 Å². The highest BCUT2D eigenvalue weighted by atomic mass is 35.5. The lowest BCUT2D eigenvalue weighted by atomic mass is 9.85. The van der Waals surface area contributed by atoms with Crippen molar-refractivity contribution >= 4 is 40.6 Å². The van der Waals surface area contributed by atoms with Crippen molar-refractivity contribution in [3.05, 3.63) is 106 Å². The molecule has 0 heterocycles. The lowest BCUT2D eigenvalue weighted by molar-refractivity contribution is 0.0760. The number of Topliss-reactive ketones (excluding diaryl/α,β-unsaturated/α-hetero) is 3. The Morgan fingerprint density at radius 3 is 1.54 bits per heavy atom. The Bertz CT molecular complexity index is 994. The molecule has 0 radical (unpaired) electrons. The van der Waals surface area contributed by atoms with Crippen LogP contribution in [0.3, 0.4) is 0 Å². The standard InChI is InChI=1S/C23H16Cl2O3/c24-18-10-6-15(7-11-18)21(26)14-20(22(27)16-4-2-1-3-5-16)23(28)17-8-12-19(25)13-9-17/h1-13,20H,14H2/t20-/m1/s1. The van der Waals surface area contributed by atoms with Crippen molar-refractivity contribution in [3.8, 4) is 0 Å². The number of hydrogen-bond acceptors (Lipinski definition) is 3. The van der Waals surface area contributed by atoms with Crippen LogP contribution < -0.4 is 0 Å². The van der Waals surface area contributed by atoms with E-state index >= 15 is 0 Å². The molecule has 140 valence electrons. The van der Waals surface area contributed by atoms with Crippen molar-refractivity contribution in [1.82, 2.24) is 0 Å². The van der Waals surface area contributed by atoms with Crippen LogP contribution in [0.15, 0.2) is 78.9 Å². The first-order chi connectivity index (χ1) is 13.5. The summed E-state index contributed by atoms with van der Waals surface area (Å²) >= 11 is 11.8. The van der Waals surface area contributed by atoms with Crippen molar-refractivity contribution in [3.63, 3.8) is 0 Å². The average molecular weight is 411 g/mol. The van der Waals surface area contributed by atoms with Gasteiger partial charge in [-0.1, -0.05) is 53.5 Å². The van der Waals surface area contributed by atoms with Crippen molar-refractivity contribution in [1.29, 1.82) is 0 Å². The van der Waals surface area contributed by atoms with Gasteiger partial charge in [-0.3, -0.25) is 14.4 Å². The fraction of sp³-hybridized carbons (Fsp3) is 0.0870. The molecule has 3 rings (SSSR count). The fourth-order valence-electron chi connectivity index (χ4n) is 2.86. The summed E-state index contributed by atoms with van der Waals surface area (Å²) in [5.74, 6) is -2.21. The topological polar surface area (TPSA) is 51.2 Å². The maximum absolute atomic E-state index is 13.1. The maximum atomic E-state index is 13.1. The largest absolute Gasteiger partial charge is 0.294 e. The smallest absolute Gasteiger partial charge is 0.174 e. The molecule has 3 nitrogen and oxygen atoms in total. The van der Waals surface area contributed by atoms with Crippen LogP contribution in [0.1, 0.15) is 37.5 Å². The Hall–Kier alpha value is -2.75. The molecule has 0 amide bonds. The van der Waals surface area contributed by atoms with Gasteiger partial charge in [0, 0.05) is 33.2 Å². The third-order valence-corrected chi connectivity index (χ3v) is 4.88. The molecule has 3 aromatic rings. The average Bonchev–Trinajstić information content (AvgIpc) is 2.72. The molecule has 1 atom stereocenters. The number of carbonyl (C=O) groups excluding carboxylic acids is 3. The van der Waals surface area contributed by atoms with E-state index in [4.69, 9.17) is 23.2 Å². The van der Waals surface area contributed by atoms with Gasteiger partial charge in [0.2, 0.25) is 0 Å². The molecular weight excluding hydrogens is 395 g/mol. The first-order valence-electron chi connectivity index (χ1n) is 8.63. The number of rotatable bonds is 7. The van der Waals surface area contributed by atoms with Crippen LogP contribution in [-0.2, 0) is 0 Å². The van der Waals surface area contributed by atoms with Crippen LogP contribution in [0.5, 0.6) is 0 Å². The monoisotopic (exact) mass is 410 g/mol. The third kappa shape index (κ3) is 4.75. The van der Waals surface area contributed by atoms with Crippen LogP contribution in [-0.4, -0.2) is 17.3 Å². The highest BCUT2D eigenvalue weighted by Gasteiger charge is 2.31. The molecule has 0 saturated carbocycles. The number of halogens is 2. The van der Waals surface area contributed by atoms with E-state index in [1.807, 2.05) is 0 Å². The number of ketones is 3. The molecule has 0 aliphatic rings. The summed E-state index contributed by atoms with van der Waals surface area (Å²) in [6.07, 6.45) is -0.225. The minimum absolute atomic E-state index is 0.225. The molecule has 28 heavy (non-hydrogen) atoms. The van der Waals surface area contributed by atoms with Gasteiger partial charge >= 0.3 is 0 Å². The summed E-state index contributed by atoms with van der Waals surface area (Å²) in [7, 11) is 0. The summed E-state index contributed by atoms with van der Waals surface area (Å²) in [5, 5.41) is 0.991. The van der Waals surface area contributed by atoms with Gasteiger partial charge in [0.25, 0.3) is 0 Å². The summed E-state index contributed by atoms with van der Waals surface area (Å²) in [6, 6.07) is 21.2. The molecule has 0 unspecified atom stereocenters. The van der Waals surface area contributed by atoms with E-state index < -0.39 is 11.7 Å². The Kier molecular flexibility index (Phi) is 6.40. The molecule has 0 aliphatic heterocycles. The molecule has 0 aliphatic carbocycles. The zero-order valence-electron chi connectivity index (χ0n) is 14.8. The molecule has 0 spiro atoms. The third-order valence-electron chi connectivity index (χ3n) is 4.38. The number of carbonyl (C=O) groups is 3. The molecular formula is C23H16Cl2O3. The van der Waals surface area contributed by atoms with E-state index in [0.29, 0.717) is 26.7 Å². The quantitative estimate of drug-likeness (QED) is 0.357. The van der Waals surface area contributed by atoms with E-state index in [1.54, 1.807) is 78.9 Å². The zero-order chi connectivity index (χ0) is 20.1. The summed E-state index contributed by atoms with van der Waals surface area (Å²) < 4.78 is 0. The highest BCUT2D eigenvalue weighted by molar-refractivity contribution is 6.31. The van der Waals surface area contributed by atoms with Crippen LogP contribution in [0, 0.1) is 5.92 Å². The summed E-state index contributed by atoms with van der Waals surface area (Å²) in [5.41, 5.74) is 1.13. The van der Waals surface area contributed by atoms with E-state index in [2.05, 4.69) is 0 Å². The fourth-order valence-corrected chi connectivity index (χ4v) is 3.11. The Balaban J connectivity index is 1.92. The van der Waals surface area contributed by atoms with E-state index in [-0.39, 0.29) is 18.0 Å². The Morgan fingerprint density at radius 1 is 0.607 bits per heavy atom. The first-order valence-corrected chi connectivity index (χ1v) is 9.39. The van der Waals surface area contributed by atoms with E-state index in [9.17, 15) is 14.4 Å². The van der Waals surface area contributed by atoms with Crippen LogP contribution in [0.4, 0.5) is 0 Å². The normalized spacial score (nSPS) is 11.6. The SMILES string of the molecule is O=C(C[C@H](C(=O)c1ccccc1)C(=O)c1ccc(Cl)cc1)c1ccc(Cl)cc1. The van der Waals surface area contributed by atoms with Gasteiger partial charge in [0.1, 0.15) is 0 Å². The summed E-state index contributed by atoms with van der Waals surface area (Å²) in [4.78, 5) is 38.8. The van der Waals surface area contributed by atoms with Crippen molar-refractivity contribution in [2.24, 2.45) is 5.92 Å². The minimum atomic E-state index is -1.12. The zero-order valence-corrected chi connectivity index (χ0v) is 16.3. The Morgan fingerprint density at radius 2 is 1.04 bits per heavy atom. The van der Waals surface area contributed by atoms with Gasteiger partial charge < -0.3 is 0 Å². The molecule has 5 heteroatoms. The molecule has 0 aromatic heterocycles. The first kappa shape index (κ1) is 20.0. The van der Waals surface area contributed by atoms with Gasteiger partial charge in [-0.05, 0) is 48.5 Å². The molecule has 0 bridgehead atoms. The van der Waals surface area contributed by atoms with Crippen LogP contribution in [0.2, 0.25) is 10.0 Å². The van der Waals surface area contributed by atoms with Crippen LogP contribution >= 0.6 is 23.2 Å².